The van der Waals surface area contributed by atoms with Crippen molar-refractivity contribution >= 4 is 0 Å². The van der Waals surface area contributed by atoms with Crippen molar-refractivity contribution < 1.29 is 0 Å². The third kappa shape index (κ3) is 2.07. The molecule has 0 saturated heterocycles. The summed E-state index contributed by atoms with van der Waals surface area (Å²) in [5.74, 6) is 0. The summed E-state index contributed by atoms with van der Waals surface area (Å²) in [5, 5.41) is 8.85. The first-order chi connectivity index (χ1) is 6.19. The largest absolute Gasteiger partial charge is 0.330 e. The maximum atomic E-state index is 8.85. The highest BCUT2D eigenvalue weighted by molar-refractivity contribution is 5.44. The highest BCUT2D eigenvalue weighted by atomic mass is 14.5. The van der Waals surface area contributed by atoms with Crippen LogP contribution in [-0.4, -0.2) is 6.54 Å². The molecular weight excluding hydrogens is 160 g/mol. The average Bonchev–Trinajstić information content (AvgIpc) is 2.11. The second-order valence-corrected chi connectivity index (χ2v) is 3.24. The Bertz CT molecular complexity index is 348. The zero-order valence-electron chi connectivity index (χ0n) is 8.09. The topological polar surface area (TPSA) is 49.8 Å². The van der Waals surface area contributed by atoms with Crippen molar-refractivity contribution in [1.82, 2.24) is 0 Å². The van der Waals surface area contributed by atoms with Gasteiger partial charge in [0.1, 0.15) is 0 Å². The lowest BCUT2D eigenvalue weighted by molar-refractivity contribution is 0.964. The van der Waals surface area contributed by atoms with Gasteiger partial charge in [0.05, 0.1) is 11.6 Å². The van der Waals surface area contributed by atoms with E-state index in [2.05, 4.69) is 12.1 Å². The molecule has 0 radical (unpaired) electrons. The summed E-state index contributed by atoms with van der Waals surface area (Å²) in [6, 6.07) is 6.22. The number of rotatable bonds is 2. The van der Waals surface area contributed by atoms with E-state index in [0.29, 0.717) is 6.54 Å². The second-order valence-electron chi connectivity index (χ2n) is 3.24. The molecule has 0 bridgehead atoms. The van der Waals surface area contributed by atoms with Gasteiger partial charge < -0.3 is 5.73 Å². The van der Waals surface area contributed by atoms with Crippen molar-refractivity contribution in [2.24, 2.45) is 5.73 Å². The van der Waals surface area contributed by atoms with Gasteiger partial charge in [0.25, 0.3) is 0 Å². The number of nitrogens with two attached hydrogens (primary N) is 1. The molecule has 1 aromatic carbocycles. The fourth-order valence-corrected chi connectivity index (χ4v) is 1.36. The van der Waals surface area contributed by atoms with Gasteiger partial charge in [0, 0.05) is 0 Å². The van der Waals surface area contributed by atoms with E-state index < -0.39 is 0 Å². The number of hydrogen-bond donors (Lipinski definition) is 1. The molecule has 0 saturated carbocycles. The predicted octanol–water partition coefficient (Wildman–Crippen LogP) is 1.68. The lowest BCUT2D eigenvalue weighted by Gasteiger charge is -2.06. The van der Waals surface area contributed by atoms with E-state index in [1.807, 2.05) is 19.9 Å². The van der Waals surface area contributed by atoms with E-state index in [-0.39, 0.29) is 0 Å². The molecule has 0 aliphatic heterocycles. The van der Waals surface area contributed by atoms with Crippen LogP contribution in [0.15, 0.2) is 12.1 Å². The molecular formula is C11H14N2. The third-order valence-electron chi connectivity index (χ3n) is 2.28. The Morgan fingerprint density at radius 3 is 2.62 bits per heavy atom. The number of nitriles is 1. The quantitative estimate of drug-likeness (QED) is 0.741. The van der Waals surface area contributed by atoms with Crippen LogP contribution in [0.3, 0.4) is 0 Å². The first-order valence-electron chi connectivity index (χ1n) is 4.39. The van der Waals surface area contributed by atoms with Crippen LogP contribution in [0.1, 0.15) is 22.3 Å². The molecule has 1 aromatic rings. The normalized spacial score (nSPS) is 9.69. The van der Waals surface area contributed by atoms with Gasteiger partial charge in [-0.25, -0.2) is 0 Å². The van der Waals surface area contributed by atoms with Crippen LogP contribution in [0.4, 0.5) is 0 Å². The molecule has 0 aromatic heterocycles. The van der Waals surface area contributed by atoms with Gasteiger partial charge in [-0.2, -0.15) is 5.26 Å². The summed E-state index contributed by atoms with van der Waals surface area (Å²) in [6.07, 6.45) is 0.843. The Kier molecular flexibility index (Phi) is 3.05. The highest BCUT2D eigenvalue weighted by Gasteiger charge is 2.02. The molecule has 0 aliphatic carbocycles. The number of benzene rings is 1. The predicted molar refractivity (Wildman–Crippen MR) is 53.4 cm³/mol. The number of hydrogen-bond acceptors (Lipinski definition) is 2. The zero-order valence-corrected chi connectivity index (χ0v) is 8.09. The van der Waals surface area contributed by atoms with Crippen molar-refractivity contribution in [3.63, 3.8) is 0 Å². The minimum Gasteiger partial charge on any atom is -0.330 e. The van der Waals surface area contributed by atoms with Crippen molar-refractivity contribution in [2.75, 3.05) is 6.54 Å². The lowest BCUT2D eigenvalue weighted by atomic mass is 9.99. The van der Waals surface area contributed by atoms with Gasteiger partial charge in [-0.3, -0.25) is 0 Å². The van der Waals surface area contributed by atoms with E-state index in [1.165, 1.54) is 5.56 Å². The molecule has 0 spiro atoms. The average molecular weight is 174 g/mol. The van der Waals surface area contributed by atoms with Crippen molar-refractivity contribution in [3.05, 3.63) is 34.4 Å². The molecule has 0 amide bonds. The number of aryl methyl sites for hydroxylation is 1. The monoisotopic (exact) mass is 174 g/mol. The third-order valence-corrected chi connectivity index (χ3v) is 2.28. The minimum atomic E-state index is 0.632. The van der Waals surface area contributed by atoms with Crippen LogP contribution in [-0.2, 0) is 6.42 Å². The van der Waals surface area contributed by atoms with E-state index in [4.69, 9.17) is 11.0 Å². The van der Waals surface area contributed by atoms with Crippen molar-refractivity contribution in [3.8, 4) is 6.07 Å². The van der Waals surface area contributed by atoms with Crippen LogP contribution >= 0.6 is 0 Å². The maximum Gasteiger partial charge on any atom is 0.0994 e. The number of nitrogens with zero attached hydrogens (tertiary/aromatic N) is 1. The molecule has 1 rings (SSSR count). The Labute approximate surface area is 79.0 Å². The molecule has 2 N–H and O–H groups in total. The summed E-state index contributed by atoms with van der Waals surface area (Å²) in [6.45, 7) is 4.63. The van der Waals surface area contributed by atoms with E-state index >= 15 is 0 Å². The SMILES string of the molecule is Cc1cc(CCN)cc(C#N)c1C. The molecule has 0 atom stereocenters. The Morgan fingerprint density at radius 1 is 1.38 bits per heavy atom. The van der Waals surface area contributed by atoms with Crippen LogP contribution in [0.2, 0.25) is 0 Å². The molecule has 0 aliphatic rings. The first kappa shape index (κ1) is 9.76. The second kappa shape index (κ2) is 4.06. The van der Waals surface area contributed by atoms with Crippen LogP contribution in [0.25, 0.3) is 0 Å². The molecule has 2 nitrogen and oxygen atoms in total. The standard InChI is InChI=1S/C11H14N2/c1-8-5-10(3-4-12)6-11(7-13)9(8)2/h5-6H,3-4,12H2,1-2H3. The van der Waals surface area contributed by atoms with Gasteiger partial charge in [0.2, 0.25) is 0 Å². The summed E-state index contributed by atoms with van der Waals surface area (Å²) in [4.78, 5) is 0. The molecule has 2 heteroatoms. The van der Waals surface area contributed by atoms with E-state index in [9.17, 15) is 0 Å². The highest BCUT2D eigenvalue weighted by Crippen LogP contribution is 2.15. The van der Waals surface area contributed by atoms with Crippen LogP contribution in [0.5, 0.6) is 0 Å². The van der Waals surface area contributed by atoms with Gasteiger partial charge in [-0.05, 0) is 49.6 Å². The molecule has 0 unspecified atom stereocenters. The lowest BCUT2D eigenvalue weighted by Crippen LogP contribution is -2.03. The minimum absolute atomic E-state index is 0.632. The van der Waals surface area contributed by atoms with Crippen LogP contribution < -0.4 is 5.73 Å². The van der Waals surface area contributed by atoms with E-state index in [1.54, 1.807) is 0 Å². The van der Waals surface area contributed by atoms with Gasteiger partial charge >= 0.3 is 0 Å². The molecule has 68 valence electrons. The van der Waals surface area contributed by atoms with Crippen LogP contribution in [0, 0.1) is 25.2 Å². The van der Waals surface area contributed by atoms with Gasteiger partial charge in [-0.15, -0.1) is 0 Å². The smallest absolute Gasteiger partial charge is 0.0994 e. The van der Waals surface area contributed by atoms with Crippen molar-refractivity contribution in [2.45, 2.75) is 20.3 Å². The zero-order chi connectivity index (χ0) is 9.84. The van der Waals surface area contributed by atoms with E-state index in [0.717, 1.165) is 23.1 Å². The first-order valence-corrected chi connectivity index (χ1v) is 4.39. The summed E-state index contributed by atoms with van der Waals surface area (Å²) in [5.41, 5.74) is 9.62. The fraction of sp³-hybridized carbons (Fsp3) is 0.364. The van der Waals surface area contributed by atoms with Gasteiger partial charge in [0.15, 0.2) is 0 Å². The summed E-state index contributed by atoms with van der Waals surface area (Å²) in [7, 11) is 0. The fourth-order valence-electron chi connectivity index (χ4n) is 1.36. The molecule has 0 heterocycles. The molecule has 0 fully saturated rings. The van der Waals surface area contributed by atoms with Crippen molar-refractivity contribution in [1.29, 1.82) is 5.26 Å². The molecule has 13 heavy (non-hydrogen) atoms. The summed E-state index contributed by atoms with van der Waals surface area (Å²) < 4.78 is 0. The Hall–Kier alpha value is -1.33. The van der Waals surface area contributed by atoms with Gasteiger partial charge in [-0.1, -0.05) is 6.07 Å². The Morgan fingerprint density at radius 2 is 2.08 bits per heavy atom. The maximum absolute atomic E-state index is 8.85. The summed E-state index contributed by atoms with van der Waals surface area (Å²) >= 11 is 0. The Balaban J connectivity index is 3.16.